The molecule has 0 aliphatic rings. The van der Waals surface area contributed by atoms with Crippen molar-refractivity contribution in [1.82, 2.24) is 9.99 Å². The van der Waals surface area contributed by atoms with E-state index in [1.165, 1.54) is 18.3 Å². The third-order valence-electron chi connectivity index (χ3n) is 6.15. The normalized spacial score (nSPS) is 11.6. The Morgan fingerprint density at radius 1 is 0.923 bits per heavy atom. The highest BCUT2D eigenvalue weighted by Gasteiger charge is 2.28. The van der Waals surface area contributed by atoms with Gasteiger partial charge in [0.15, 0.2) is 0 Å². The molecule has 0 unspecified atom stereocenters. The number of hydrazone groups is 1. The molecule has 202 valence electrons. The highest BCUT2D eigenvalue weighted by molar-refractivity contribution is 7.92. The largest absolute Gasteiger partial charge is 0.318 e. The summed E-state index contributed by atoms with van der Waals surface area (Å²) in [6.45, 7) is 5.04. The van der Waals surface area contributed by atoms with Crippen molar-refractivity contribution >= 4 is 62.6 Å². The monoisotopic (exact) mass is 602 g/mol. The van der Waals surface area contributed by atoms with Gasteiger partial charge in [-0.2, -0.15) is 5.10 Å². The highest BCUT2D eigenvalue weighted by Crippen LogP contribution is 2.31. The lowest BCUT2D eigenvalue weighted by molar-refractivity contribution is -0.119. The van der Waals surface area contributed by atoms with Gasteiger partial charge in [0.05, 0.1) is 26.8 Å². The number of halogens is 3. The second-order valence-corrected chi connectivity index (χ2v) is 11.8. The molecule has 1 heterocycles. The number of anilines is 1. The van der Waals surface area contributed by atoms with Gasteiger partial charge in [-0.15, -0.1) is 0 Å². The summed E-state index contributed by atoms with van der Waals surface area (Å²) in [5, 5.41) is 5.38. The first-order chi connectivity index (χ1) is 18.5. The van der Waals surface area contributed by atoms with E-state index in [0.717, 1.165) is 26.9 Å². The van der Waals surface area contributed by atoms with E-state index in [1.54, 1.807) is 55.5 Å². The lowest BCUT2D eigenvalue weighted by atomic mass is 10.2. The van der Waals surface area contributed by atoms with Crippen LogP contribution in [0.25, 0.3) is 5.69 Å². The van der Waals surface area contributed by atoms with Crippen LogP contribution in [-0.2, 0) is 14.8 Å². The number of aryl methyl sites for hydroxylation is 1. The molecule has 0 aliphatic heterocycles. The van der Waals surface area contributed by atoms with Crippen LogP contribution >= 0.6 is 34.8 Å². The molecule has 0 saturated carbocycles. The van der Waals surface area contributed by atoms with Crippen molar-refractivity contribution in [2.45, 2.75) is 25.7 Å². The van der Waals surface area contributed by atoms with E-state index in [9.17, 15) is 13.2 Å². The van der Waals surface area contributed by atoms with Crippen LogP contribution in [0.4, 0.5) is 5.69 Å². The van der Waals surface area contributed by atoms with E-state index < -0.39 is 22.5 Å². The van der Waals surface area contributed by atoms with Gasteiger partial charge >= 0.3 is 0 Å². The van der Waals surface area contributed by atoms with Gasteiger partial charge in [-0.05, 0) is 74.9 Å². The Labute approximate surface area is 242 Å². The van der Waals surface area contributed by atoms with Gasteiger partial charge in [0.25, 0.3) is 15.9 Å². The summed E-state index contributed by atoms with van der Waals surface area (Å²) in [7, 11) is -4.07. The first kappa shape index (κ1) is 28.7. The van der Waals surface area contributed by atoms with Gasteiger partial charge in [0.2, 0.25) is 0 Å². The third kappa shape index (κ3) is 6.15. The molecule has 0 saturated heterocycles. The van der Waals surface area contributed by atoms with Crippen molar-refractivity contribution in [1.29, 1.82) is 0 Å². The van der Waals surface area contributed by atoms with E-state index in [-0.39, 0.29) is 4.90 Å². The summed E-state index contributed by atoms with van der Waals surface area (Å²) >= 11 is 18.5. The van der Waals surface area contributed by atoms with Crippen molar-refractivity contribution in [3.63, 3.8) is 0 Å². The van der Waals surface area contributed by atoms with Gasteiger partial charge in [0.1, 0.15) is 6.54 Å². The van der Waals surface area contributed by atoms with Gasteiger partial charge in [0, 0.05) is 27.7 Å². The minimum Gasteiger partial charge on any atom is -0.318 e. The molecule has 11 heteroatoms. The van der Waals surface area contributed by atoms with E-state index in [2.05, 4.69) is 10.5 Å². The smallest absolute Gasteiger partial charge is 0.264 e. The average molecular weight is 604 g/mol. The standard InChI is InChI=1S/C28H25Cl3N4O3S/c1-18-14-21(20(3)35(18)22-12-13-25(30)26(31)15-22)16-32-33-28(36)17-34(27-11-7-10-24(29)19(27)2)39(37,38)23-8-5-4-6-9-23/h4-16H,17H2,1-3H3,(H,33,36)/b32-16-. The van der Waals surface area contributed by atoms with Crippen molar-refractivity contribution in [2.24, 2.45) is 5.10 Å². The minimum absolute atomic E-state index is 0.0513. The SMILES string of the molecule is Cc1c(Cl)cccc1N(CC(=O)N/N=C\c1cc(C)n(-c2ccc(Cl)c(Cl)c2)c1C)S(=O)(=O)c1ccccc1. The third-order valence-corrected chi connectivity index (χ3v) is 9.07. The number of carbonyl (C=O) groups excluding carboxylic acids is 1. The van der Waals surface area contributed by atoms with Gasteiger partial charge in [-0.1, -0.05) is 59.1 Å². The van der Waals surface area contributed by atoms with Crippen molar-refractivity contribution < 1.29 is 13.2 Å². The van der Waals surface area contributed by atoms with E-state index in [1.807, 2.05) is 30.5 Å². The summed E-state index contributed by atoms with van der Waals surface area (Å²) in [5.41, 5.74) is 6.67. The van der Waals surface area contributed by atoms with Crippen LogP contribution < -0.4 is 9.73 Å². The molecule has 1 amide bonds. The Kier molecular flexibility index (Phi) is 8.71. The number of rotatable bonds is 8. The zero-order chi connectivity index (χ0) is 28.3. The Hall–Kier alpha value is -3.30. The van der Waals surface area contributed by atoms with E-state index in [4.69, 9.17) is 34.8 Å². The number of hydrogen-bond acceptors (Lipinski definition) is 4. The van der Waals surface area contributed by atoms with E-state index >= 15 is 0 Å². The van der Waals surface area contributed by atoms with Gasteiger partial charge < -0.3 is 4.57 Å². The molecule has 0 fully saturated rings. The molecular formula is C28H25Cl3N4O3S. The number of hydrogen-bond donors (Lipinski definition) is 1. The Morgan fingerprint density at radius 3 is 2.33 bits per heavy atom. The molecule has 0 aliphatic carbocycles. The molecule has 3 aromatic carbocycles. The van der Waals surface area contributed by atoms with Crippen LogP contribution in [0, 0.1) is 20.8 Å². The molecule has 0 atom stereocenters. The molecule has 39 heavy (non-hydrogen) atoms. The summed E-state index contributed by atoms with van der Waals surface area (Å²) in [6.07, 6.45) is 1.51. The second-order valence-electron chi connectivity index (χ2n) is 8.76. The molecule has 0 bridgehead atoms. The molecule has 7 nitrogen and oxygen atoms in total. The van der Waals surface area contributed by atoms with Gasteiger partial charge in [-0.3, -0.25) is 9.10 Å². The van der Waals surface area contributed by atoms with Crippen LogP contribution in [0.15, 0.2) is 82.8 Å². The number of nitrogens with zero attached hydrogens (tertiary/aromatic N) is 3. The Bertz CT molecular complexity index is 1670. The van der Waals surface area contributed by atoms with Crippen LogP contribution in [0.2, 0.25) is 15.1 Å². The van der Waals surface area contributed by atoms with Crippen LogP contribution in [0.5, 0.6) is 0 Å². The average Bonchev–Trinajstić information content (AvgIpc) is 3.19. The van der Waals surface area contributed by atoms with Crippen LogP contribution in [-0.4, -0.2) is 31.7 Å². The maximum atomic E-state index is 13.5. The summed E-state index contributed by atoms with van der Waals surface area (Å²) in [5.74, 6) is -0.622. The Balaban J connectivity index is 1.58. The summed E-state index contributed by atoms with van der Waals surface area (Å²) in [4.78, 5) is 13.0. The fraction of sp³-hybridized carbons (Fsp3) is 0.143. The minimum atomic E-state index is -4.07. The number of nitrogens with one attached hydrogen (secondary N) is 1. The summed E-state index contributed by atoms with van der Waals surface area (Å²) < 4.78 is 30.1. The first-order valence-electron chi connectivity index (χ1n) is 11.8. The second kappa shape index (κ2) is 11.8. The quantitative estimate of drug-likeness (QED) is 0.180. The number of carbonyl (C=O) groups is 1. The van der Waals surface area contributed by atoms with Crippen LogP contribution in [0.3, 0.4) is 0 Å². The van der Waals surface area contributed by atoms with Gasteiger partial charge in [-0.25, -0.2) is 13.8 Å². The molecular weight excluding hydrogens is 579 g/mol. The molecule has 4 aromatic rings. The maximum Gasteiger partial charge on any atom is 0.264 e. The Morgan fingerprint density at radius 2 is 1.64 bits per heavy atom. The fourth-order valence-electron chi connectivity index (χ4n) is 4.16. The number of aromatic nitrogens is 1. The molecule has 0 radical (unpaired) electrons. The maximum absolute atomic E-state index is 13.5. The number of benzene rings is 3. The molecule has 1 aromatic heterocycles. The lowest BCUT2D eigenvalue weighted by Gasteiger charge is -2.25. The molecule has 4 rings (SSSR count). The zero-order valence-electron chi connectivity index (χ0n) is 21.3. The predicted octanol–water partition coefficient (Wildman–Crippen LogP) is 6.71. The lowest BCUT2D eigenvalue weighted by Crippen LogP contribution is -2.40. The predicted molar refractivity (Wildman–Crippen MR) is 158 cm³/mol. The highest BCUT2D eigenvalue weighted by atomic mass is 35.5. The molecule has 0 spiro atoms. The zero-order valence-corrected chi connectivity index (χ0v) is 24.4. The number of amides is 1. The van der Waals surface area contributed by atoms with Crippen molar-refractivity contribution in [3.8, 4) is 5.69 Å². The first-order valence-corrected chi connectivity index (χ1v) is 14.4. The topological polar surface area (TPSA) is 83.8 Å². The van der Waals surface area contributed by atoms with Crippen LogP contribution in [0.1, 0.15) is 22.5 Å². The number of sulfonamides is 1. The van der Waals surface area contributed by atoms with E-state index in [0.29, 0.717) is 26.3 Å². The molecule has 1 N–H and O–H groups in total. The van der Waals surface area contributed by atoms with Crippen molar-refractivity contribution in [2.75, 3.05) is 10.8 Å². The fourth-order valence-corrected chi connectivity index (χ4v) is 6.13. The van der Waals surface area contributed by atoms with Crippen molar-refractivity contribution in [3.05, 3.63) is 110 Å². The summed E-state index contributed by atoms with van der Waals surface area (Å²) in [6, 6.07) is 20.1.